The summed E-state index contributed by atoms with van der Waals surface area (Å²) in [4.78, 5) is 29.0. The number of H-pyrrole nitrogens is 1. The average molecular weight is 360 g/mol. The van der Waals surface area contributed by atoms with Gasteiger partial charge in [-0.2, -0.15) is 5.10 Å². The van der Waals surface area contributed by atoms with E-state index in [4.69, 9.17) is 22.1 Å². The van der Waals surface area contributed by atoms with E-state index in [1.165, 1.54) is 10.8 Å². The number of amides is 1. The summed E-state index contributed by atoms with van der Waals surface area (Å²) in [6.07, 6.45) is 1.63. The van der Waals surface area contributed by atoms with E-state index < -0.39 is 12.2 Å². The Bertz CT molecular complexity index is 1010. The van der Waals surface area contributed by atoms with Crippen molar-refractivity contribution in [1.29, 1.82) is 0 Å². The molecule has 1 amide bonds. The molecule has 0 bridgehead atoms. The number of fused-ring (bicyclic) bond motifs is 1. The number of nitrogens with one attached hydrogen (secondary N) is 1. The van der Waals surface area contributed by atoms with E-state index >= 15 is 0 Å². The number of ether oxygens (including phenoxy) is 1. The highest BCUT2D eigenvalue weighted by Crippen LogP contribution is 2.43. The van der Waals surface area contributed by atoms with Crippen molar-refractivity contribution in [2.45, 2.75) is 18.9 Å². The molecular formula is C16H14ClN5O3. The van der Waals surface area contributed by atoms with Crippen LogP contribution in [-0.4, -0.2) is 25.8 Å². The second-order valence-electron chi connectivity index (χ2n) is 5.88. The lowest BCUT2D eigenvalue weighted by Crippen LogP contribution is -2.29. The van der Waals surface area contributed by atoms with Crippen LogP contribution >= 0.6 is 11.6 Å². The fourth-order valence-corrected chi connectivity index (χ4v) is 3.14. The zero-order valence-corrected chi connectivity index (χ0v) is 13.7. The molecule has 1 aliphatic carbocycles. The number of nitrogens with two attached hydrogens (primary N) is 1. The average Bonchev–Trinajstić information content (AvgIpc) is 3.27. The summed E-state index contributed by atoms with van der Waals surface area (Å²) in [6.45, 7) is 0. The van der Waals surface area contributed by atoms with Crippen molar-refractivity contribution in [3.8, 4) is 5.82 Å². The standard InChI is InChI=1S/C16H14ClN5O3/c17-9-2-1-3-10-12(9)15(23)22(11-6-7-19-21-11)14(20-10)13(8-4-5-8)25-16(18)24/h1-3,6-8,13H,4-5H2,(H2,18,24)(H,19,21). The highest BCUT2D eigenvalue weighted by Gasteiger charge is 2.38. The highest BCUT2D eigenvalue weighted by molar-refractivity contribution is 6.35. The van der Waals surface area contributed by atoms with Gasteiger partial charge in [0.1, 0.15) is 5.82 Å². The lowest BCUT2D eigenvalue weighted by Gasteiger charge is -2.20. The van der Waals surface area contributed by atoms with Crippen molar-refractivity contribution in [1.82, 2.24) is 19.7 Å². The van der Waals surface area contributed by atoms with Gasteiger partial charge in [0.15, 0.2) is 11.9 Å². The van der Waals surface area contributed by atoms with E-state index in [0.29, 0.717) is 22.2 Å². The van der Waals surface area contributed by atoms with Crippen LogP contribution in [0.5, 0.6) is 0 Å². The molecule has 1 fully saturated rings. The van der Waals surface area contributed by atoms with Crippen LogP contribution < -0.4 is 11.3 Å². The molecule has 0 spiro atoms. The van der Waals surface area contributed by atoms with Gasteiger partial charge in [-0.05, 0) is 25.0 Å². The quantitative estimate of drug-likeness (QED) is 0.741. The van der Waals surface area contributed by atoms with Gasteiger partial charge in [-0.25, -0.2) is 14.3 Å². The van der Waals surface area contributed by atoms with Gasteiger partial charge >= 0.3 is 6.09 Å². The Balaban J connectivity index is 2.03. The molecule has 0 saturated heterocycles. The van der Waals surface area contributed by atoms with Gasteiger partial charge in [-0.15, -0.1) is 0 Å². The fraction of sp³-hybridized carbons (Fsp3) is 0.250. The monoisotopic (exact) mass is 359 g/mol. The number of aromatic nitrogens is 4. The molecule has 1 unspecified atom stereocenters. The van der Waals surface area contributed by atoms with Crippen molar-refractivity contribution in [2.75, 3.05) is 0 Å². The van der Waals surface area contributed by atoms with Crippen LogP contribution in [-0.2, 0) is 4.74 Å². The molecule has 9 heteroatoms. The van der Waals surface area contributed by atoms with Gasteiger partial charge in [0.2, 0.25) is 0 Å². The molecule has 4 rings (SSSR count). The number of primary amides is 1. The van der Waals surface area contributed by atoms with Gasteiger partial charge < -0.3 is 10.5 Å². The Morgan fingerprint density at radius 3 is 2.84 bits per heavy atom. The number of hydrogen-bond donors (Lipinski definition) is 2. The molecule has 3 aromatic rings. The van der Waals surface area contributed by atoms with Crippen molar-refractivity contribution in [2.24, 2.45) is 11.7 Å². The van der Waals surface area contributed by atoms with E-state index in [1.807, 2.05) is 0 Å². The van der Waals surface area contributed by atoms with Crippen molar-refractivity contribution in [3.05, 3.63) is 51.7 Å². The summed E-state index contributed by atoms with van der Waals surface area (Å²) in [7, 11) is 0. The zero-order chi connectivity index (χ0) is 17.6. The van der Waals surface area contributed by atoms with Crippen LogP contribution in [0.15, 0.2) is 35.3 Å². The Kier molecular flexibility index (Phi) is 3.69. The van der Waals surface area contributed by atoms with Crippen LogP contribution in [0.4, 0.5) is 4.79 Å². The van der Waals surface area contributed by atoms with Crippen molar-refractivity contribution >= 4 is 28.6 Å². The first-order chi connectivity index (χ1) is 12.1. The molecule has 25 heavy (non-hydrogen) atoms. The third kappa shape index (κ3) is 2.74. The molecule has 1 aliphatic rings. The molecular weight excluding hydrogens is 346 g/mol. The number of carbonyl (C=O) groups is 1. The van der Waals surface area contributed by atoms with Crippen LogP contribution in [0.1, 0.15) is 24.8 Å². The lowest BCUT2D eigenvalue weighted by atomic mass is 10.1. The van der Waals surface area contributed by atoms with E-state index in [1.54, 1.807) is 24.3 Å². The van der Waals surface area contributed by atoms with Crippen LogP contribution in [0.25, 0.3) is 16.7 Å². The zero-order valence-electron chi connectivity index (χ0n) is 13.0. The van der Waals surface area contributed by atoms with E-state index in [0.717, 1.165) is 12.8 Å². The third-order valence-corrected chi connectivity index (χ3v) is 4.46. The number of benzene rings is 1. The molecule has 128 valence electrons. The first-order valence-corrected chi connectivity index (χ1v) is 8.11. The fourth-order valence-electron chi connectivity index (χ4n) is 2.89. The molecule has 2 heterocycles. The molecule has 1 saturated carbocycles. The molecule has 8 nitrogen and oxygen atoms in total. The second-order valence-corrected chi connectivity index (χ2v) is 6.29. The van der Waals surface area contributed by atoms with E-state index in [9.17, 15) is 9.59 Å². The highest BCUT2D eigenvalue weighted by atomic mass is 35.5. The van der Waals surface area contributed by atoms with Crippen LogP contribution in [0, 0.1) is 5.92 Å². The Hall–Kier alpha value is -2.87. The lowest BCUT2D eigenvalue weighted by molar-refractivity contribution is 0.0865. The minimum absolute atomic E-state index is 0.0743. The van der Waals surface area contributed by atoms with Gasteiger partial charge in [0.25, 0.3) is 5.56 Å². The number of halogens is 1. The third-order valence-electron chi connectivity index (χ3n) is 4.15. The number of carbonyl (C=O) groups excluding carboxylic acids is 1. The molecule has 3 N–H and O–H groups in total. The predicted molar refractivity (Wildman–Crippen MR) is 90.6 cm³/mol. The van der Waals surface area contributed by atoms with Crippen molar-refractivity contribution < 1.29 is 9.53 Å². The summed E-state index contributed by atoms with van der Waals surface area (Å²) in [5, 5.41) is 7.22. The van der Waals surface area contributed by atoms with Crippen LogP contribution in [0.3, 0.4) is 0 Å². The predicted octanol–water partition coefficient (Wildman–Crippen LogP) is 2.31. The summed E-state index contributed by atoms with van der Waals surface area (Å²) >= 11 is 6.20. The van der Waals surface area contributed by atoms with Gasteiger partial charge in [-0.1, -0.05) is 17.7 Å². The largest absolute Gasteiger partial charge is 0.438 e. The molecule has 0 aliphatic heterocycles. The molecule has 2 aromatic heterocycles. The van der Waals surface area contributed by atoms with Crippen LogP contribution in [0.2, 0.25) is 5.02 Å². The topological polar surface area (TPSA) is 116 Å². The number of aromatic amines is 1. The van der Waals surface area contributed by atoms with Gasteiger partial charge in [0.05, 0.1) is 22.1 Å². The maximum atomic E-state index is 13.1. The first kappa shape index (κ1) is 15.6. The maximum absolute atomic E-state index is 13.1. The minimum atomic E-state index is -0.909. The number of rotatable bonds is 4. The Morgan fingerprint density at radius 1 is 1.40 bits per heavy atom. The summed E-state index contributed by atoms with van der Waals surface area (Å²) < 4.78 is 6.62. The molecule has 0 radical (unpaired) electrons. The summed E-state index contributed by atoms with van der Waals surface area (Å²) in [5.74, 6) is 0.781. The maximum Gasteiger partial charge on any atom is 0.405 e. The smallest absolute Gasteiger partial charge is 0.405 e. The molecule has 1 atom stereocenters. The number of hydrogen-bond acceptors (Lipinski definition) is 5. The Labute approximate surface area is 146 Å². The Morgan fingerprint density at radius 2 is 2.20 bits per heavy atom. The van der Waals surface area contributed by atoms with Gasteiger partial charge in [0, 0.05) is 12.0 Å². The van der Waals surface area contributed by atoms with E-state index in [2.05, 4.69) is 15.2 Å². The molecule has 1 aromatic carbocycles. The second kappa shape index (κ2) is 5.89. The van der Waals surface area contributed by atoms with Gasteiger partial charge in [-0.3, -0.25) is 9.89 Å². The van der Waals surface area contributed by atoms with E-state index in [-0.39, 0.29) is 16.9 Å². The minimum Gasteiger partial charge on any atom is -0.438 e. The summed E-state index contributed by atoms with van der Waals surface area (Å²) in [6, 6.07) is 6.66. The SMILES string of the molecule is NC(=O)OC(c1nc2cccc(Cl)c2c(=O)n1-c1ccn[nH]1)C1CC1. The number of nitrogens with zero attached hydrogens (tertiary/aromatic N) is 3. The summed E-state index contributed by atoms with van der Waals surface area (Å²) in [5.41, 5.74) is 5.29. The first-order valence-electron chi connectivity index (χ1n) is 7.73. The normalized spacial score (nSPS) is 15.2. The van der Waals surface area contributed by atoms with Crippen molar-refractivity contribution in [3.63, 3.8) is 0 Å².